The van der Waals surface area contributed by atoms with E-state index in [4.69, 9.17) is 10.2 Å². The zero-order valence-corrected chi connectivity index (χ0v) is 9.14. The number of H-pyrrole nitrogens is 1. The zero-order chi connectivity index (χ0) is 13.0. The number of aromatic nitrogens is 1. The lowest BCUT2D eigenvalue weighted by atomic mass is 10.2. The molecule has 0 aliphatic heterocycles. The van der Waals surface area contributed by atoms with E-state index in [1.54, 1.807) is 0 Å². The molecule has 0 aromatic carbocycles. The number of amides is 1. The summed E-state index contributed by atoms with van der Waals surface area (Å²) in [5.74, 6) is -1.95. The number of rotatable bonds is 4. The number of pyridine rings is 1. The minimum absolute atomic E-state index is 0.0131. The van der Waals surface area contributed by atoms with E-state index < -0.39 is 23.3 Å². The van der Waals surface area contributed by atoms with Gasteiger partial charge in [0.15, 0.2) is 5.88 Å². The summed E-state index contributed by atoms with van der Waals surface area (Å²) in [5, 5.41) is 17.6. The molecule has 92 valence electrons. The van der Waals surface area contributed by atoms with Crippen LogP contribution in [0.25, 0.3) is 0 Å². The van der Waals surface area contributed by atoms with Gasteiger partial charge in [-0.25, -0.2) is 0 Å². The van der Waals surface area contributed by atoms with E-state index >= 15 is 0 Å². The van der Waals surface area contributed by atoms with Crippen LogP contribution in [0.4, 0.5) is 0 Å². The largest absolute Gasteiger partial charge is 0.494 e. The van der Waals surface area contributed by atoms with E-state index in [2.05, 4.69) is 4.98 Å². The molecule has 7 heteroatoms. The first-order valence-corrected chi connectivity index (χ1v) is 4.80. The molecule has 0 aliphatic carbocycles. The number of carbonyl (C=O) groups is 2. The lowest BCUT2D eigenvalue weighted by Gasteiger charge is -2.15. The fraction of sp³-hybridized carbons (Fsp3) is 0.300. The van der Waals surface area contributed by atoms with Gasteiger partial charge in [-0.05, 0) is 0 Å². The smallest absolute Gasteiger partial charge is 0.305 e. The van der Waals surface area contributed by atoms with E-state index in [1.807, 2.05) is 0 Å². The van der Waals surface area contributed by atoms with Gasteiger partial charge in [-0.2, -0.15) is 0 Å². The molecule has 1 aromatic rings. The van der Waals surface area contributed by atoms with Crippen LogP contribution >= 0.6 is 0 Å². The summed E-state index contributed by atoms with van der Waals surface area (Å²) in [6.45, 7) is 0.0295. The Morgan fingerprint density at radius 3 is 2.59 bits per heavy atom. The second-order valence-corrected chi connectivity index (χ2v) is 3.49. The molecule has 17 heavy (non-hydrogen) atoms. The first-order chi connectivity index (χ1) is 7.90. The minimum atomic E-state index is -1.02. The monoisotopic (exact) mass is 240 g/mol. The SMILES string of the molecule is CN(CCC(=O)O)C(=O)c1cc(O)[nH]c(=O)c1. The summed E-state index contributed by atoms with van der Waals surface area (Å²) in [5.41, 5.74) is -0.584. The Hall–Kier alpha value is -2.31. The number of hydrogen-bond acceptors (Lipinski definition) is 4. The molecule has 0 spiro atoms. The molecule has 0 saturated carbocycles. The van der Waals surface area contributed by atoms with Crippen molar-refractivity contribution < 1.29 is 19.8 Å². The number of aromatic amines is 1. The predicted molar refractivity (Wildman–Crippen MR) is 57.9 cm³/mol. The van der Waals surface area contributed by atoms with Gasteiger partial charge in [0.2, 0.25) is 0 Å². The quantitative estimate of drug-likeness (QED) is 0.664. The highest BCUT2D eigenvalue weighted by Gasteiger charge is 2.14. The lowest BCUT2D eigenvalue weighted by Crippen LogP contribution is -2.29. The second-order valence-electron chi connectivity index (χ2n) is 3.49. The lowest BCUT2D eigenvalue weighted by molar-refractivity contribution is -0.137. The third kappa shape index (κ3) is 3.63. The maximum Gasteiger partial charge on any atom is 0.305 e. The Kier molecular flexibility index (Phi) is 3.86. The molecular weight excluding hydrogens is 228 g/mol. The third-order valence-electron chi connectivity index (χ3n) is 2.08. The summed E-state index contributed by atoms with van der Waals surface area (Å²) in [6, 6.07) is 2.15. The third-order valence-corrected chi connectivity index (χ3v) is 2.08. The van der Waals surface area contributed by atoms with E-state index in [0.29, 0.717) is 0 Å². The van der Waals surface area contributed by atoms with Crippen molar-refractivity contribution in [2.75, 3.05) is 13.6 Å². The van der Waals surface area contributed by atoms with Crippen LogP contribution in [0.3, 0.4) is 0 Å². The maximum atomic E-state index is 11.7. The van der Waals surface area contributed by atoms with Gasteiger partial charge in [-0.1, -0.05) is 0 Å². The number of nitrogens with zero attached hydrogens (tertiary/aromatic N) is 1. The molecule has 7 nitrogen and oxygen atoms in total. The molecule has 3 N–H and O–H groups in total. The summed E-state index contributed by atoms with van der Waals surface area (Å²) in [4.78, 5) is 36.4. The summed E-state index contributed by atoms with van der Waals surface area (Å²) in [6.07, 6.45) is -0.183. The molecule has 0 unspecified atom stereocenters. The molecule has 0 fully saturated rings. The van der Waals surface area contributed by atoms with Crippen LogP contribution < -0.4 is 5.56 Å². The van der Waals surface area contributed by atoms with Crippen molar-refractivity contribution in [1.82, 2.24) is 9.88 Å². The average Bonchev–Trinajstić information content (AvgIpc) is 2.23. The molecule has 1 rings (SSSR count). The number of carbonyl (C=O) groups excluding carboxylic acids is 1. The van der Waals surface area contributed by atoms with Gasteiger partial charge in [-0.15, -0.1) is 0 Å². The number of aliphatic carboxylic acids is 1. The number of nitrogens with one attached hydrogen (secondary N) is 1. The number of carboxylic acids is 1. The van der Waals surface area contributed by atoms with E-state index in [-0.39, 0.29) is 18.5 Å². The van der Waals surface area contributed by atoms with Crippen LogP contribution in [-0.4, -0.2) is 45.6 Å². The van der Waals surface area contributed by atoms with Gasteiger partial charge in [0.05, 0.1) is 12.0 Å². The number of hydrogen-bond donors (Lipinski definition) is 3. The van der Waals surface area contributed by atoms with Crippen molar-refractivity contribution in [2.45, 2.75) is 6.42 Å². The standard InChI is InChI=1S/C10H12N2O5/c1-12(3-2-9(15)16)10(17)6-4-7(13)11-8(14)5-6/h4-5H,2-3H2,1H3,(H,15,16)(H2,11,13,14). The highest BCUT2D eigenvalue weighted by atomic mass is 16.4. The normalized spacial score (nSPS) is 9.94. The van der Waals surface area contributed by atoms with Crippen molar-refractivity contribution in [3.05, 3.63) is 28.0 Å². The van der Waals surface area contributed by atoms with Crippen molar-refractivity contribution in [2.24, 2.45) is 0 Å². The molecule has 1 aromatic heterocycles. The minimum Gasteiger partial charge on any atom is -0.494 e. The fourth-order valence-corrected chi connectivity index (χ4v) is 1.24. The highest BCUT2D eigenvalue weighted by Crippen LogP contribution is 2.07. The molecule has 0 bridgehead atoms. The number of carboxylic acid groups (broad SMARTS) is 1. The molecule has 0 radical (unpaired) electrons. The topological polar surface area (TPSA) is 111 Å². The van der Waals surface area contributed by atoms with E-state index in [0.717, 1.165) is 12.1 Å². The van der Waals surface area contributed by atoms with Gasteiger partial charge in [-0.3, -0.25) is 19.4 Å². The van der Waals surface area contributed by atoms with Crippen molar-refractivity contribution in [3.63, 3.8) is 0 Å². The van der Waals surface area contributed by atoms with Crippen LogP contribution in [0.5, 0.6) is 5.88 Å². The van der Waals surface area contributed by atoms with Crippen LogP contribution in [0.2, 0.25) is 0 Å². The molecule has 0 aliphatic rings. The molecule has 0 atom stereocenters. The van der Waals surface area contributed by atoms with Gasteiger partial charge in [0, 0.05) is 25.7 Å². The Balaban J connectivity index is 2.81. The predicted octanol–water partition coefficient (Wildman–Crippen LogP) is -0.373. The Morgan fingerprint density at radius 1 is 1.41 bits per heavy atom. The molecular formula is C10H12N2O5. The van der Waals surface area contributed by atoms with Gasteiger partial charge >= 0.3 is 5.97 Å². The first-order valence-electron chi connectivity index (χ1n) is 4.80. The van der Waals surface area contributed by atoms with Crippen LogP contribution in [-0.2, 0) is 4.79 Å². The summed E-state index contributed by atoms with van der Waals surface area (Å²) < 4.78 is 0. The van der Waals surface area contributed by atoms with Gasteiger partial charge in [0.25, 0.3) is 11.5 Å². The van der Waals surface area contributed by atoms with E-state index in [9.17, 15) is 14.4 Å². The van der Waals surface area contributed by atoms with Crippen LogP contribution in [0.1, 0.15) is 16.8 Å². The Bertz CT molecular complexity index is 494. The van der Waals surface area contributed by atoms with Crippen molar-refractivity contribution in [3.8, 4) is 5.88 Å². The Labute approximate surface area is 96.3 Å². The zero-order valence-electron chi connectivity index (χ0n) is 9.14. The number of aromatic hydroxyl groups is 1. The van der Waals surface area contributed by atoms with Crippen molar-refractivity contribution >= 4 is 11.9 Å². The second kappa shape index (κ2) is 5.15. The summed E-state index contributed by atoms with van der Waals surface area (Å²) >= 11 is 0. The molecule has 1 amide bonds. The van der Waals surface area contributed by atoms with Gasteiger partial charge < -0.3 is 15.1 Å². The first kappa shape index (κ1) is 12.8. The highest BCUT2D eigenvalue weighted by molar-refractivity contribution is 5.94. The fourth-order valence-electron chi connectivity index (χ4n) is 1.24. The average molecular weight is 240 g/mol. The van der Waals surface area contributed by atoms with Crippen LogP contribution in [0, 0.1) is 0 Å². The van der Waals surface area contributed by atoms with Gasteiger partial charge in [0.1, 0.15) is 0 Å². The summed E-state index contributed by atoms with van der Waals surface area (Å²) in [7, 11) is 1.42. The van der Waals surface area contributed by atoms with Crippen molar-refractivity contribution in [1.29, 1.82) is 0 Å². The molecule has 1 heterocycles. The van der Waals surface area contributed by atoms with E-state index in [1.165, 1.54) is 11.9 Å². The molecule has 0 saturated heterocycles. The van der Waals surface area contributed by atoms with Crippen LogP contribution in [0.15, 0.2) is 16.9 Å². The Morgan fingerprint density at radius 2 is 2.06 bits per heavy atom. The maximum absolute atomic E-state index is 11.7.